The summed E-state index contributed by atoms with van der Waals surface area (Å²) in [5.41, 5.74) is 2.81. The van der Waals surface area contributed by atoms with E-state index < -0.39 is 0 Å². The zero-order chi connectivity index (χ0) is 11.1. The summed E-state index contributed by atoms with van der Waals surface area (Å²) < 4.78 is 0. The van der Waals surface area contributed by atoms with E-state index in [2.05, 4.69) is 55.8 Å². The Morgan fingerprint density at radius 3 is 2.27 bits per heavy atom. The number of benzene rings is 1. The lowest BCUT2D eigenvalue weighted by molar-refractivity contribution is 0.328. The minimum atomic E-state index is 0.971. The van der Waals surface area contributed by atoms with Gasteiger partial charge in [0, 0.05) is 6.54 Å². The molecule has 2 heteroatoms. The Bertz CT molecular complexity index is 268. The van der Waals surface area contributed by atoms with Crippen molar-refractivity contribution in [2.24, 2.45) is 0 Å². The number of aryl methyl sites for hydroxylation is 1. The van der Waals surface area contributed by atoms with Crippen molar-refractivity contribution in [1.82, 2.24) is 4.90 Å². The van der Waals surface area contributed by atoms with E-state index in [9.17, 15) is 0 Å². The molecular formula is C13H21NS. The molecule has 0 atom stereocenters. The average molecular weight is 223 g/mol. The second-order valence-corrected chi connectivity index (χ2v) is 4.43. The molecule has 0 radical (unpaired) electrons. The molecule has 0 bridgehead atoms. The second-order valence-electron chi connectivity index (χ2n) is 3.98. The van der Waals surface area contributed by atoms with Crippen LogP contribution >= 0.6 is 12.6 Å². The first-order valence-corrected chi connectivity index (χ1v) is 6.26. The fourth-order valence-electron chi connectivity index (χ4n) is 1.61. The Balaban J connectivity index is 2.42. The van der Waals surface area contributed by atoms with Crippen molar-refractivity contribution in [3.8, 4) is 0 Å². The standard InChI is InChI=1S/C13H21NS/c1-3-12-5-7-13(8-6-12)11-14(2)9-4-10-15/h5-8,15H,3-4,9-11H2,1-2H3. The van der Waals surface area contributed by atoms with E-state index in [0.717, 1.165) is 31.7 Å². The molecule has 1 nitrogen and oxygen atoms in total. The molecule has 0 heterocycles. The summed E-state index contributed by atoms with van der Waals surface area (Å²) in [4.78, 5) is 2.34. The maximum Gasteiger partial charge on any atom is 0.0230 e. The van der Waals surface area contributed by atoms with Crippen molar-refractivity contribution >= 4 is 12.6 Å². The van der Waals surface area contributed by atoms with Gasteiger partial charge in [0.1, 0.15) is 0 Å². The third-order valence-electron chi connectivity index (χ3n) is 2.58. The van der Waals surface area contributed by atoms with Crippen LogP contribution in [-0.4, -0.2) is 24.2 Å². The van der Waals surface area contributed by atoms with E-state index in [1.165, 1.54) is 11.1 Å². The number of rotatable bonds is 6. The van der Waals surface area contributed by atoms with Crippen LogP contribution in [-0.2, 0) is 13.0 Å². The predicted molar refractivity (Wildman–Crippen MR) is 70.6 cm³/mol. The lowest BCUT2D eigenvalue weighted by atomic mass is 10.1. The Kier molecular flexibility index (Phi) is 5.81. The van der Waals surface area contributed by atoms with Crippen LogP contribution in [0.1, 0.15) is 24.5 Å². The number of nitrogens with zero attached hydrogens (tertiary/aromatic N) is 1. The molecule has 0 aliphatic heterocycles. The van der Waals surface area contributed by atoms with Crippen LogP contribution in [0.15, 0.2) is 24.3 Å². The summed E-state index contributed by atoms with van der Waals surface area (Å²) in [5, 5.41) is 0. The first kappa shape index (κ1) is 12.6. The molecule has 0 spiro atoms. The van der Waals surface area contributed by atoms with Gasteiger partial charge in [-0.15, -0.1) is 0 Å². The molecule has 0 unspecified atom stereocenters. The van der Waals surface area contributed by atoms with Gasteiger partial charge in [0.15, 0.2) is 0 Å². The van der Waals surface area contributed by atoms with Crippen LogP contribution in [0.5, 0.6) is 0 Å². The van der Waals surface area contributed by atoms with Crippen molar-refractivity contribution in [3.05, 3.63) is 35.4 Å². The Labute approximate surface area is 98.9 Å². The van der Waals surface area contributed by atoms with Gasteiger partial charge in [-0.3, -0.25) is 0 Å². The smallest absolute Gasteiger partial charge is 0.0230 e. The molecule has 1 aromatic carbocycles. The summed E-state index contributed by atoms with van der Waals surface area (Å²) in [6.07, 6.45) is 2.28. The lowest BCUT2D eigenvalue weighted by Crippen LogP contribution is -2.19. The van der Waals surface area contributed by atoms with E-state index in [4.69, 9.17) is 0 Å². The minimum absolute atomic E-state index is 0.971. The lowest BCUT2D eigenvalue weighted by Gasteiger charge is -2.16. The van der Waals surface area contributed by atoms with E-state index in [0.29, 0.717) is 0 Å². The quantitative estimate of drug-likeness (QED) is 0.726. The highest BCUT2D eigenvalue weighted by molar-refractivity contribution is 7.80. The molecule has 1 aromatic rings. The maximum atomic E-state index is 4.22. The highest BCUT2D eigenvalue weighted by Gasteiger charge is 1.99. The second kappa shape index (κ2) is 6.91. The summed E-state index contributed by atoms with van der Waals surface area (Å²) in [6.45, 7) is 4.35. The van der Waals surface area contributed by atoms with Gasteiger partial charge in [0.2, 0.25) is 0 Å². The van der Waals surface area contributed by atoms with Gasteiger partial charge in [0.05, 0.1) is 0 Å². The third-order valence-corrected chi connectivity index (χ3v) is 2.90. The van der Waals surface area contributed by atoms with Gasteiger partial charge in [-0.05, 0) is 43.3 Å². The highest BCUT2D eigenvalue weighted by Crippen LogP contribution is 2.07. The zero-order valence-corrected chi connectivity index (χ0v) is 10.6. The fourth-order valence-corrected chi connectivity index (χ4v) is 1.75. The van der Waals surface area contributed by atoms with Crippen molar-refractivity contribution in [2.45, 2.75) is 26.3 Å². The van der Waals surface area contributed by atoms with Crippen LogP contribution in [0.25, 0.3) is 0 Å². The molecule has 0 saturated heterocycles. The summed E-state index contributed by atoms with van der Waals surface area (Å²) in [6, 6.07) is 8.91. The molecule has 0 saturated carbocycles. The fraction of sp³-hybridized carbons (Fsp3) is 0.538. The van der Waals surface area contributed by atoms with Gasteiger partial charge in [0.25, 0.3) is 0 Å². The molecule has 15 heavy (non-hydrogen) atoms. The van der Waals surface area contributed by atoms with E-state index in [1.54, 1.807) is 0 Å². The van der Waals surface area contributed by atoms with Crippen molar-refractivity contribution in [1.29, 1.82) is 0 Å². The Hall–Kier alpha value is -0.470. The number of hydrogen-bond donors (Lipinski definition) is 1. The maximum absolute atomic E-state index is 4.22. The van der Waals surface area contributed by atoms with Crippen molar-refractivity contribution < 1.29 is 0 Å². The van der Waals surface area contributed by atoms with Crippen LogP contribution < -0.4 is 0 Å². The van der Waals surface area contributed by atoms with E-state index >= 15 is 0 Å². The van der Waals surface area contributed by atoms with Gasteiger partial charge in [-0.25, -0.2) is 0 Å². The highest BCUT2D eigenvalue weighted by atomic mass is 32.1. The summed E-state index contributed by atoms with van der Waals surface area (Å²) >= 11 is 4.22. The Morgan fingerprint density at radius 1 is 1.13 bits per heavy atom. The summed E-state index contributed by atoms with van der Waals surface area (Å²) in [5.74, 6) is 0.971. The van der Waals surface area contributed by atoms with Gasteiger partial charge >= 0.3 is 0 Å². The average Bonchev–Trinajstić information content (AvgIpc) is 2.27. The molecule has 0 amide bonds. The molecule has 1 rings (SSSR count). The topological polar surface area (TPSA) is 3.24 Å². The van der Waals surface area contributed by atoms with Crippen LogP contribution in [0, 0.1) is 0 Å². The molecule has 84 valence electrons. The molecule has 0 N–H and O–H groups in total. The monoisotopic (exact) mass is 223 g/mol. The van der Waals surface area contributed by atoms with Gasteiger partial charge in [-0.1, -0.05) is 31.2 Å². The summed E-state index contributed by atoms with van der Waals surface area (Å²) in [7, 11) is 2.16. The predicted octanol–water partition coefficient (Wildman–Crippen LogP) is 3.00. The van der Waals surface area contributed by atoms with Gasteiger partial charge in [-0.2, -0.15) is 12.6 Å². The number of thiol groups is 1. The molecule has 0 aliphatic carbocycles. The largest absolute Gasteiger partial charge is 0.302 e. The van der Waals surface area contributed by atoms with Crippen LogP contribution in [0.2, 0.25) is 0 Å². The molecular weight excluding hydrogens is 202 g/mol. The zero-order valence-electron chi connectivity index (χ0n) is 9.74. The van der Waals surface area contributed by atoms with Gasteiger partial charge < -0.3 is 4.90 Å². The normalized spacial score (nSPS) is 10.9. The molecule has 0 aromatic heterocycles. The first-order valence-electron chi connectivity index (χ1n) is 5.63. The molecule has 0 fully saturated rings. The minimum Gasteiger partial charge on any atom is -0.302 e. The van der Waals surface area contributed by atoms with Crippen LogP contribution in [0.4, 0.5) is 0 Å². The van der Waals surface area contributed by atoms with Crippen LogP contribution in [0.3, 0.4) is 0 Å². The number of hydrogen-bond acceptors (Lipinski definition) is 2. The first-order chi connectivity index (χ1) is 7.26. The van der Waals surface area contributed by atoms with E-state index in [1.807, 2.05) is 0 Å². The van der Waals surface area contributed by atoms with E-state index in [-0.39, 0.29) is 0 Å². The SMILES string of the molecule is CCc1ccc(CN(C)CCCS)cc1. The van der Waals surface area contributed by atoms with Crippen molar-refractivity contribution in [2.75, 3.05) is 19.3 Å². The molecule has 0 aliphatic rings. The van der Waals surface area contributed by atoms with Crippen molar-refractivity contribution in [3.63, 3.8) is 0 Å². The Morgan fingerprint density at radius 2 is 1.73 bits per heavy atom. The third kappa shape index (κ3) is 4.72.